The van der Waals surface area contributed by atoms with Gasteiger partial charge in [-0.1, -0.05) is 18.5 Å². The molecule has 194 valence electrons. The van der Waals surface area contributed by atoms with Crippen molar-refractivity contribution in [3.8, 4) is 11.7 Å². The summed E-state index contributed by atoms with van der Waals surface area (Å²) in [5.41, 5.74) is -1.07. The van der Waals surface area contributed by atoms with Gasteiger partial charge in [-0.2, -0.15) is 22.8 Å². The molecular formula is C21H21ClF4N6O4. The molecule has 10 nitrogen and oxygen atoms in total. The molecule has 0 saturated carbocycles. The quantitative estimate of drug-likeness (QED) is 0.336. The van der Waals surface area contributed by atoms with E-state index in [1.807, 2.05) is 0 Å². The van der Waals surface area contributed by atoms with Gasteiger partial charge in [-0.15, -0.1) is 5.10 Å². The third-order valence-electron chi connectivity index (χ3n) is 5.00. The summed E-state index contributed by atoms with van der Waals surface area (Å²) in [5, 5.41) is 15.6. The third-order valence-corrected chi connectivity index (χ3v) is 5.28. The molecular weight excluding hydrogens is 512 g/mol. The summed E-state index contributed by atoms with van der Waals surface area (Å²) in [7, 11) is 0. The highest BCUT2D eigenvalue weighted by Crippen LogP contribution is 2.30. The van der Waals surface area contributed by atoms with Crippen molar-refractivity contribution >= 4 is 23.2 Å². The highest BCUT2D eigenvalue weighted by molar-refractivity contribution is 6.32. The van der Waals surface area contributed by atoms with Crippen LogP contribution < -0.4 is 15.7 Å². The predicted molar refractivity (Wildman–Crippen MR) is 120 cm³/mol. The molecule has 1 amide bonds. The maximum Gasteiger partial charge on any atom is 0.425 e. The maximum atomic E-state index is 15.1. The Morgan fingerprint density at radius 3 is 2.64 bits per heavy atom. The van der Waals surface area contributed by atoms with Gasteiger partial charge in [0.25, 0.3) is 5.91 Å². The number of amides is 1. The zero-order valence-corrected chi connectivity index (χ0v) is 20.0. The molecule has 3 aromatic heterocycles. The number of aromatic nitrogens is 5. The van der Waals surface area contributed by atoms with Gasteiger partial charge in [0.15, 0.2) is 28.7 Å². The van der Waals surface area contributed by atoms with E-state index in [2.05, 4.69) is 20.4 Å². The van der Waals surface area contributed by atoms with Crippen molar-refractivity contribution in [1.29, 1.82) is 0 Å². The SMILES string of the molecule is CCCn1c(CO)nn(-c2nc(O[C@@H](C)C(F)(F)F)c(C(=O)Nc3c(C)ccnc3Cl)cc2F)c1=O. The Kier molecular flexibility index (Phi) is 7.99. The zero-order valence-electron chi connectivity index (χ0n) is 19.2. The van der Waals surface area contributed by atoms with Crippen molar-refractivity contribution in [2.75, 3.05) is 5.32 Å². The van der Waals surface area contributed by atoms with Gasteiger partial charge < -0.3 is 15.2 Å². The van der Waals surface area contributed by atoms with Gasteiger partial charge >= 0.3 is 11.9 Å². The highest BCUT2D eigenvalue weighted by Gasteiger charge is 2.39. The summed E-state index contributed by atoms with van der Waals surface area (Å²) in [6.07, 6.45) is -5.45. The number of nitrogens with one attached hydrogen (secondary N) is 1. The second kappa shape index (κ2) is 10.6. The van der Waals surface area contributed by atoms with Crippen molar-refractivity contribution < 1.29 is 32.2 Å². The first-order chi connectivity index (χ1) is 16.9. The van der Waals surface area contributed by atoms with E-state index in [1.54, 1.807) is 13.8 Å². The maximum absolute atomic E-state index is 15.1. The lowest BCUT2D eigenvalue weighted by Crippen LogP contribution is -2.33. The lowest BCUT2D eigenvalue weighted by molar-refractivity contribution is -0.190. The van der Waals surface area contributed by atoms with Crippen molar-refractivity contribution in [3.05, 3.63) is 56.7 Å². The molecule has 0 aliphatic heterocycles. The standard InChI is InChI=1S/C21H21ClF4N6O4/c1-4-7-31-14(9-33)30-32(20(31)35)17-13(23)8-12(19(29-17)36-11(3)21(24,25)26)18(34)28-15-10(2)5-6-27-16(15)22/h5-6,8,11,33H,4,7,9H2,1-3H3,(H,28,34)/t11-/m0/s1. The van der Waals surface area contributed by atoms with Crippen LogP contribution in [-0.2, 0) is 13.2 Å². The van der Waals surface area contributed by atoms with Crippen molar-refractivity contribution in [2.24, 2.45) is 0 Å². The number of carbonyl (C=O) groups is 1. The number of anilines is 1. The van der Waals surface area contributed by atoms with Crippen LogP contribution in [0, 0.1) is 12.7 Å². The number of hydrogen-bond donors (Lipinski definition) is 2. The average Bonchev–Trinajstić information content (AvgIpc) is 3.12. The monoisotopic (exact) mass is 532 g/mol. The van der Waals surface area contributed by atoms with Crippen molar-refractivity contribution in [2.45, 2.75) is 52.6 Å². The highest BCUT2D eigenvalue weighted by atomic mass is 35.5. The smallest absolute Gasteiger partial charge is 0.425 e. The van der Waals surface area contributed by atoms with Gasteiger partial charge in [0.1, 0.15) is 12.2 Å². The lowest BCUT2D eigenvalue weighted by atomic mass is 10.2. The lowest BCUT2D eigenvalue weighted by Gasteiger charge is -2.19. The molecule has 0 saturated heterocycles. The number of aryl methyl sites for hydroxylation is 1. The fourth-order valence-electron chi connectivity index (χ4n) is 3.09. The summed E-state index contributed by atoms with van der Waals surface area (Å²) in [5.74, 6) is -4.18. The number of rotatable bonds is 8. The van der Waals surface area contributed by atoms with Gasteiger partial charge in [0.2, 0.25) is 5.88 Å². The van der Waals surface area contributed by atoms with E-state index < -0.39 is 53.6 Å². The number of aliphatic hydroxyl groups is 1. The van der Waals surface area contributed by atoms with Gasteiger partial charge in [0.05, 0.1) is 5.69 Å². The summed E-state index contributed by atoms with van der Waals surface area (Å²) in [6.45, 7) is 3.48. The van der Waals surface area contributed by atoms with E-state index in [0.29, 0.717) is 29.7 Å². The van der Waals surface area contributed by atoms with Crippen molar-refractivity contribution in [3.63, 3.8) is 0 Å². The number of nitrogens with zero attached hydrogens (tertiary/aromatic N) is 5. The molecule has 3 aromatic rings. The summed E-state index contributed by atoms with van der Waals surface area (Å²) in [4.78, 5) is 33.2. The zero-order chi connectivity index (χ0) is 26.8. The molecule has 15 heteroatoms. The molecule has 36 heavy (non-hydrogen) atoms. The second-order valence-corrected chi connectivity index (χ2v) is 7.97. The van der Waals surface area contributed by atoms with Crippen LogP contribution in [0.4, 0.5) is 23.2 Å². The predicted octanol–water partition coefficient (Wildman–Crippen LogP) is 3.41. The molecule has 0 unspecified atom stereocenters. The number of ether oxygens (including phenoxy) is 1. The molecule has 0 aliphatic rings. The Hall–Kier alpha value is -3.52. The number of carbonyl (C=O) groups excluding carboxylic acids is 1. The molecule has 3 rings (SSSR count). The molecule has 0 radical (unpaired) electrons. The molecule has 0 aromatic carbocycles. The Morgan fingerprint density at radius 2 is 2.06 bits per heavy atom. The Bertz CT molecular complexity index is 1320. The van der Waals surface area contributed by atoms with Crippen LogP contribution in [-0.4, -0.2) is 47.6 Å². The molecule has 1 atom stereocenters. The Balaban J connectivity index is 2.16. The Morgan fingerprint density at radius 1 is 1.36 bits per heavy atom. The third kappa shape index (κ3) is 5.49. The number of halogens is 5. The Labute approximate surface area is 206 Å². The van der Waals surface area contributed by atoms with Crippen LogP contribution in [0.2, 0.25) is 5.15 Å². The van der Waals surface area contributed by atoms with Gasteiger partial charge in [0, 0.05) is 12.7 Å². The van der Waals surface area contributed by atoms with Crippen LogP contribution in [0.25, 0.3) is 5.82 Å². The molecule has 0 fully saturated rings. The second-order valence-electron chi connectivity index (χ2n) is 7.62. The van der Waals surface area contributed by atoms with Crippen LogP contribution in [0.5, 0.6) is 5.88 Å². The molecule has 0 bridgehead atoms. The van der Waals surface area contributed by atoms with E-state index in [9.17, 15) is 27.9 Å². The summed E-state index contributed by atoms with van der Waals surface area (Å²) in [6, 6.07) is 2.09. The van der Waals surface area contributed by atoms with Crippen LogP contribution >= 0.6 is 11.6 Å². The minimum Gasteiger partial charge on any atom is -0.464 e. The number of hydrogen-bond acceptors (Lipinski definition) is 7. The van der Waals surface area contributed by atoms with E-state index in [4.69, 9.17) is 16.3 Å². The first-order valence-electron chi connectivity index (χ1n) is 10.5. The number of alkyl halides is 3. The first kappa shape index (κ1) is 27.1. The minimum absolute atomic E-state index is 0.0468. The van der Waals surface area contributed by atoms with Crippen LogP contribution in [0.1, 0.15) is 42.0 Å². The average molecular weight is 533 g/mol. The van der Waals surface area contributed by atoms with Gasteiger partial charge in [-0.05, 0) is 38.0 Å². The van der Waals surface area contributed by atoms with E-state index in [-0.39, 0.29) is 23.2 Å². The fraction of sp³-hybridized carbons (Fsp3) is 0.381. The normalized spacial score (nSPS) is 12.5. The summed E-state index contributed by atoms with van der Waals surface area (Å²) >= 11 is 5.99. The van der Waals surface area contributed by atoms with Crippen LogP contribution in [0.3, 0.4) is 0 Å². The molecule has 0 aliphatic carbocycles. The van der Waals surface area contributed by atoms with Crippen LogP contribution in [0.15, 0.2) is 23.1 Å². The van der Waals surface area contributed by atoms with Crippen molar-refractivity contribution in [1.82, 2.24) is 24.3 Å². The van der Waals surface area contributed by atoms with Gasteiger partial charge in [-0.25, -0.2) is 14.2 Å². The molecule has 2 N–H and O–H groups in total. The summed E-state index contributed by atoms with van der Waals surface area (Å²) < 4.78 is 61.2. The van der Waals surface area contributed by atoms with E-state index in [1.165, 1.54) is 12.3 Å². The fourth-order valence-corrected chi connectivity index (χ4v) is 3.35. The number of pyridine rings is 2. The largest absolute Gasteiger partial charge is 0.464 e. The minimum atomic E-state index is -4.85. The molecule has 0 spiro atoms. The van der Waals surface area contributed by atoms with E-state index in [0.717, 1.165) is 4.57 Å². The first-order valence-corrected chi connectivity index (χ1v) is 10.9. The molecule has 3 heterocycles. The van der Waals surface area contributed by atoms with Gasteiger partial charge in [-0.3, -0.25) is 9.36 Å². The topological polar surface area (TPSA) is 124 Å². The number of aliphatic hydroxyl groups excluding tert-OH is 1. The van der Waals surface area contributed by atoms with E-state index >= 15 is 4.39 Å².